The van der Waals surface area contributed by atoms with E-state index in [1.165, 1.54) is 42.3 Å². The predicted molar refractivity (Wildman–Crippen MR) is 173 cm³/mol. The Morgan fingerprint density at radius 3 is 2.57 bits per heavy atom. The van der Waals surface area contributed by atoms with Crippen LogP contribution in [-0.2, 0) is 21.6 Å². The molecule has 10 nitrogen and oxygen atoms in total. The van der Waals surface area contributed by atoms with Gasteiger partial charge in [0.05, 0.1) is 24.4 Å². The van der Waals surface area contributed by atoms with E-state index in [0.29, 0.717) is 29.3 Å². The zero-order chi connectivity index (χ0) is 34.9. The molecule has 0 bridgehead atoms. The number of nitrogens with one attached hydrogen (secondary N) is 1. The Balaban J connectivity index is 1.33. The van der Waals surface area contributed by atoms with Crippen molar-refractivity contribution in [3.63, 3.8) is 0 Å². The number of carbonyl (C=O) groups is 2. The summed E-state index contributed by atoms with van der Waals surface area (Å²) in [6, 6.07) is 14.8. The van der Waals surface area contributed by atoms with E-state index in [2.05, 4.69) is 15.4 Å². The number of methoxy groups -OCH3 is 1. The lowest BCUT2D eigenvalue weighted by Gasteiger charge is -2.30. The quantitative estimate of drug-likeness (QED) is 0.179. The molecule has 3 aromatic carbocycles. The number of fused-ring (bicyclic) bond motifs is 2. The van der Waals surface area contributed by atoms with E-state index in [0.717, 1.165) is 6.07 Å². The summed E-state index contributed by atoms with van der Waals surface area (Å²) in [4.78, 5) is 31.1. The number of aromatic nitrogens is 3. The monoisotopic (exact) mass is 691 g/mol. The Hall–Kier alpha value is -5.14. The van der Waals surface area contributed by atoms with Crippen LogP contribution in [0.3, 0.4) is 0 Å². The fourth-order valence-electron chi connectivity index (χ4n) is 5.98. The predicted octanol–water partition coefficient (Wildman–Crippen LogP) is 5.26. The lowest BCUT2D eigenvalue weighted by atomic mass is 9.80. The van der Waals surface area contributed by atoms with Gasteiger partial charge in [0.15, 0.2) is 11.6 Å². The van der Waals surface area contributed by atoms with Crippen LogP contribution >= 0.6 is 11.6 Å². The maximum Gasteiger partial charge on any atom is 0.251 e. The van der Waals surface area contributed by atoms with Crippen LogP contribution in [0.4, 0.5) is 13.2 Å². The highest BCUT2D eigenvalue weighted by atomic mass is 35.5. The van der Waals surface area contributed by atoms with Gasteiger partial charge in [-0.15, -0.1) is 0 Å². The molecule has 1 aliphatic carbocycles. The number of amides is 2. The molecule has 252 valence electrons. The Morgan fingerprint density at radius 2 is 1.90 bits per heavy atom. The van der Waals surface area contributed by atoms with E-state index in [1.54, 1.807) is 37.3 Å². The Kier molecular flexibility index (Phi) is 7.60. The average molecular weight is 692 g/mol. The van der Waals surface area contributed by atoms with Gasteiger partial charge in [-0.05, 0) is 42.8 Å². The Morgan fingerprint density at radius 1 is 1.16 bits per heavy atom. The van der Waals surface area contributed by atoms with Crippen LogP contribution in [0.1, 0.15) is 46.9 Å². The number of pyridine rings is 1. The van der Waals surface area contributed by atoms with Crippen LogP contribution in [0.25, 0.3) is 22.2 Å². The zero-order valence-electron chi connectivity index (χ0n) is 26.2. The first-order chi connectivity index (χ1) is 23.3. The molecule has 1 aliphatic heterocycles. The van der Waals surface area contributed by atoms with Gasteiger partial charge in [0, 0.05) is 41.1 Å². The summed E-state index contributed by atoms with van der Waals surface area (Å²) in [6.45, 7) is 0.903. The van der Waals surface area contributed by atoms with Gasteiger partial charge in [0.25, 0.3) is 5.91 Å². The van der Waals surface area contributed by atoms with Crippen LogP contribution in [0.5, 0.6) is 11.5 Å². The summed E-state index contributed by atoms with van der Waals surface area (Å²) in [5.74, 6) is -5.12. The van der Waals surface area contributed by atoms with Gasteiger partial charge in [-0.2, -0.15) is 5.10 Å². The van der Waals surface area contributed by atoms with E-state index in [9.17, 15) is 27.9 Å². The first kappa shape index (κ1) is 32.4. The summed E-state index contributed by atoms with van der Waals surface area (Å²) in [5, 5.41) is 19.5. The highest BCUT2D eigenvalue weighted by Crippen LogP contribution is 2.48. The fourth-order valence-corrected chi connectivity index (χ4v) is 6.23. The van der Waals surface area contributed by atoms with Gasteiger partial charge in [-0.3, -0.25) is 9.59 Å². The molecule has 0 unspecified atom stereocenters. The Bertz CT molecular complexity index is 2180. The fraction of sp³-hybridized carbons (Fsp3) is 0.257. The van der Waals surface area contributed by atoms with E-state index < -0.39 is 51.8 Å². The molecule has 0 spiro atoms. The van der Waals surface area contributed by atoms with Gasteiger partial charge in [-0.1, -0.05) is 41.9 Å². The van der Waals surface area contributed by atoms with Crippen LogP contribution in [0.2, 0.25) is 5.02 Å². The standard InChI is InChI=1S/C35H29ClF3N5O5/c1-33(32(40)46)17-49-30-22(33)14-25(42-29(30)21-8-9-23(37)27(38)26(21)36)35(47,20-6-4-3-5-7-20)16-41-31(45)18-12-19-15-44(34(39)10-11-34)43-28(19)24(13-18)48-2/h3-9,12-15,47H,10-11,16-17H2,1-2H3,(H2,40,46)(H,41,45)/t33-,35+/m0/s1. The van der Waals surface area contributed by atoms with E-state index >= 15 is 0 Å². The molecule has 3 heterocycles. The molecule has 2 aliphatic rings. The number of alkyl halides is 1. The molecule has 1 saturated carbocycles. The molecule has 5 aromatic rings. The molecule has 2 atom stereocenters. The number of nitrogens with two attached hydrogens (primary N) is 1. The van der Waals surface area contributed by atoms with Crippen molar-refractivity contribution in [1.29, 1.82) is 0 Å². The summed E-state index contributed by atoms with van der Waals surface area (Å²) < 4.78 is 56.2. The van der Waals surface area contributed by atoms with Gasteiger partial charge in [0.1, 0.15) is 40.3 Å². The minimum Gasteiger partial charge on any atom is -0.494 e. The lowest BCUT2D eigenvalue weighted by Crippen LogP contribution is -2.43. The molecule has 7 rings (SSSR count). The molecule has 4 N–H and O–H groups in total. The molecular weight excluding hydrogens is 663 g/mol. The van der Waals surface area contributed by atoms with Crippen molar-refractivity contribution in [2.45, 2.75) is 36.6 Å². The van der Waals surface area contributed by atoms with E-state index in [1.807, 2.05) is 0 Å². The summed E-state index contributed by atoms with van der Waals surface area (Å²) >= 11 is 6.26. The second kappa shape index (κ2) is 11.5. The third-order valence-corrected chi connectivity index (χ3v) is 9.58. The second-order valence-electron chi connectivity index (χ2n) is 12.5. The van der Waals surface area contributed by atoms with Gasteiger partial charge < -0.3 is 25.6 Å². The number of hydrogen-bond acceptors (Lipinski definition) is 7. The molecule has 2 amide bonds. The van der Waals surface area contributed by atoms with Gasteiger partial charge in [0.2, 0.25) is 11.7 Å². The number of aliphatic hydroxyl groups is 1. The van der Waals surface area contributed by atoms with Crippen molar-refractivity contribution in [2.75, 3.05) is 20.3 Å². The molecular formula is C35H29ClF3N5O5. The number of rotatable bonds is 9. The number of hydrogen-bond donors (Lipinski definition) is 3. The minimum absolute atomic E-state index is 0.0552. The molecule has 49 heavy (non-hydrogen) atoms. The van der Waals surface area contributed by atoms with Crippen molar-refractivity contribution in [1.82, 2.24) is 20.1 Å². The van der Waals surface area contributed by atoms with Gasteiger partial charge >= 0.3 is 0 Å². The number of carbonyl (C=O) groups excluding carboxylic acids is 2. The largest absolute Gasteiger partial charge is 0.494 e. The SMILES string of the molecule is COc1cc(C(=O)NC[C@@](O)(c2ccccc2)c2cc3c(c(-c4ccc(F)c(F)c4Cl)n2)OC[C@]3(C)C(N)=O)cc2cn(C3(F)CC3)nc12. The third-order valence-electron chi connectivity index (χ3n) is 9.22. The van der Waals surface area contributed by atoms with Crippen molar-refractivity contribution < 1.29 is 37.3 Å². The molecule has 0 radical (unpaired) electrons. The van der Waals surface area contributed by atoms with Gasteiger partial charge in [-0.25, -0.2) is 22.8 Å². The normalized spacial score (nSPS) is 18.8. The summed E-state index contributed by atoms with van der Waals surface area (Å²) in [5.41, 5.74) is 3.19. The van der Waals surface area contributed by atoms with E-state index in [-0.39, 0.29) is 46.2 Å². The van der Waals surface area contributed by atoms with Crippen LogP contribution in [0, 0.1) is 11.6 Å². The zero-order valence-corrected chi connectivity index (χ0v) is 26.9. The number of benzene rings is 3. The number of nitrogens with zero attached hydrogens (tertiary/aromatic N) is 3. The number of primary amides is 1. The number of ether oxygens (including phenoxy) is 2. The van der Waals surface area contributed by atoms with Crippen molar-refractivity contribution in [2.24, 2.45) is 5.73 Å². The van der Waals surface area contributed by atoms with Crippen molar-refractivity contribution >= 4 is 34.3 Å². The van der Waals surface area contributed by atoms with Crippen LogP contribution < -0.4 is 20.5 Å². The second-order valence-corrected chi connectivity index (χ2v) is 12.8. The topological polar surface area (TPSA) is 142 Å². The first-order valence-corrected chi connectivity index (χ1v) is 15.6. The smallest absolute Gasteiger partial charge is 0.251 e. The first-order valence-electron chi connectivity index (χ1n) is 15.2. The van der Waals surface area contributed by atoms with Crippen LogP contribution in [-0.4, -0.2) is 51.9 Å². The summed E-state index contributed by atoms with van der Waals surface area (Å²) in [7, 11) is 1.41. The average Bonchev–Trinajstić information content (AvgIpc) is 3.53. The molecule has 1 fully saturated rings. The van der Waals surface area contributed by atoms with Crippen molar-refractivity contribution in [3.05, 3.63) is 106 Å². The third kappa shape index (κ3) is 5.24. The van der Waals surface area contributed by atoms with E-state index in [4.69, 9.17) is 26.8 Å². The highest BCUT2D eigenvalue weighted by molar-refractivity contribution is 6.33. The number of halogens is 4. The van der Waals surface area contributed by atoms with Crippen LogP contribution in [0.15, 0.2) is 66.9 Å². The lowest BCUT2D eigenvalue weighted by molar-refractivity contribution is -0.123. The Labute approximate surface area is 282 Å². The molecule has 0 saturated heterocycles. The molecule has 2 aromatic heterocycles. The maximum atomic E-state index is 14.8. The van der Waals surface area contributed by atoms with Crippen molar-refractivity contribution in [3.8, 4) is 22.8 Å². The molecule has 14 heteroatoms. The minimum atomic E-state index is -2.07. The highest BCUT2D eigenvalue weighted by Gasteiger charge is 2.47. The maximum absolute atomic E-state index is 14.8. The summed E-state index contributed by atoms with van der Waals surface area (Å²) in [6.07, 6.45) is 2.18.